The van der Waals surface area contributed by atoms with Crippen LogP contribution < -0.4 is 10.9 Å². The Morgan fingerprint density at radius 1 is 1.11 bits per heavy atom. The number of aryl methyl sites for hydroxylation is 3. The first-order valence-corrected chi connectivity index (χ1v) is 10.1. The third-order valence-corrected chi connectivity index (χ3v) is 6.11. The van der Waals surface area contributed by atoms with Crippen molar-refractivity contribution in [2.24, 2.45) is 7.05 Å². The van der Waals surface area contributed by atoms with E-state index < -0.39 is 0 Å². The van der Waals surface area contributed by atoms with Crippen LogP contribution in [-0.2, 0) is 19.9 Å². The number of aromatic nitrogens is 1. The molecular weight excluding hydrogens is 356 g/mol. The maximum Gasteiger partial charge on any atom is 0.252 e. The number of hydrogen-bond acceptors (Lipinski definition) is 3. The molecule has 1 aromatic carbocycles. The molecule has 0 bridgehead atoms. The Hall–Kier alpha value is -2.66. The second-order valence-electron chi connectivity index (χ2n) is 7.02. The number of amides is 1. The minimum Gasteiger partial charge on any atom is -0.340 e. The van der Waals surface area contributed by atoms with Crippen LogP contribution in [0.25, 0.3) is 0 Å². The summed E-state index contributed by atoms with van der Waals surface area (Å²) < 4.78 is 1.46. The van der Waals surface area contributed by atoms with Gasteiger partial charge in [-0.1, -0.05) is 24.3 Å². The van der Waals surface area contributed by atoms with Crippen molar-refractivity contribution in [3.8, 4) is 0 Å². The molecule has 138 valence electrons. The van der Waals surface area contributed by atoms with Crippen LogP contribution >= 0.6 is 11.3 Å². The fourth-order valence-corrected chi connectivity index (χ4v) is 4.41. The lowest BCUT2D eigenvalue weighted by Crippen LogP contribution is -2.30. The summed E-state index contributed by atoms with van der Waals surface area (Å²) in [6.07, 6.45) is 6.33. The minimum absolute atomic E-state index is 0.191. The lowest BCUT2D eigenvalue weighted by Gasteiger charge is -2.22. The van der Waals surface area contributed by atoms with E-state index in [0.717, 1.165) is 23.3 Å². The molecule has 1 N–H and O–H groups in total. The Bertz CT molecular complexity index is 1020. The number of hydrogen-bond donors (Lipinski definition) is 1. The van der Waals surface area contributed by atoms with Crippen LogP contribution in [0.3, 0.4) is 0 Å². The van der Waals surface area contributed by atoms with Gasteiger partial charge in [0.05, 0.1) is 6.04 Å². The third-order valence-electron chi connectivity index (χ3n) is 5.18. The van der Waals surface area contributed by atoms with Crippen molar-refractivity contribution in [2.45, 2.75) is 31.7 Å². The zero-order valence-corrected chi connectivity index (χ0v) is 16.1. The van der Waals surface area contributed by atoms with Crippen LogP contribution in [0, 0.1) is 0 Å². The summed E-state index contributed by atoms with van der Waals surface area (Å²) in [4.78, 5) is 25.8. The number of carbonyl (C=O) groups is 1. The number of carbonyl (C=O) groups excluding carboxylic acids is 1. The summed E-state index contributed by atoms with van der Waals surface area (Å²) in [6, 6.07) is 13.4. The Morgan fingerprint density at radius 3 is 2.67 bits per heavy atom. The van der Waals surface area contributed by atoms with E-state index in [1.165, 1.54) is 34.6 Å². The second-order valence-corrected chi connectivity index (χ2v) is 8.00. The lowest BCUT2D eigenvalue weighted by atomic mass is 9.89. The van der Waals surface area contributed by atoms with Gasteiger partial charge in [-0.3, -0.25) is 9.59 Å². The predicted molar refractivity (Wildman–Crippen MR) is 108 cm³/mol. The van der Waals surface area contributed by atoms with Gasteiger partial charge >= 0.3 is 0 Å². The molecule has 1 amide bonds. The Morgan fingerprint density at radius 2 is 1.93 bits per heavy atom. The number of fused-ring (bicyclic) bond motifs is 1. The zero-order chi connectivity index (χ0) is 18.8. The maximum atomic E-state index is 12.8. The number of rotatable bonds is 4. The van der Waals surface area contributed by atoms with Gasteiger partial charge in [-0.25, -0.2) is 0 Å². The van der Waals surface area contributed by atoms with Crippen LogP contribution in [0.4, 0.5) is 0 Å². The van der Waals surface area contributed by atoms with Crippen molar-refractivity contribution in [1.82, 2.24) is 9.88 Å². The zero-order valence-electron chi connectivity index (χ0n) is 15.3. The van der Waals surface area contributed by atoms with E-state index in [2.05, 4.69) is 23.5 Å². The summed E-state index contributed by atoms with van der Waals surface area (Å²) >= 11 is 1.63. The van der Waals surface area contributed by atoms with Crippen molar-refractivity contribution >= 4 is 17.2 Å². The topological polar surface area (TPSA) is 51.1 Å². The quantitative estimate of drug-likeness (QED) is 0.750. The van der Waals surface area contributed by atoms with Crippen molar-refractivity contribution < 1.29 is 4.79 Å². The molecule has 0 saturated heterocycles. The first-order valence-electron chi connectivity index (χ1n) is 9.24. The van der Waals surface area contributed by atoms with E-state index in [0.29, 0.717) is 5.56 Å². The minimum atomic E-state index is -0.233. The molecule has 1 aliphatic carbocycles. The molecule has 4 nitrogen and oxygen atoms in total. The molecule has 27 heavy (non-hydrogen) atoms. The van der Waals surface area contributed by atoms with Gasteiger partial charge in [-0.05, 0) is 59.9 Å². The molecule has 0 saturated carbocycles. The molecule has 1 aliphatic rings. The summed E-state index contributed by atoms with van der Waals surface area (Å²) in [7, 11) is 1.67. The molecule has 0 radical (unpaired) electrons. The van der Waals surface area contributed by atoms with Gasteiger partial charge in [0.25, 0.3) is 11.5 Å². The van der Waals surface area contributed by atoms with E-state index in [1.54, 1.807) is 30.6 Å². The summed E-state index contributed by atoms with van der Waals surface area (Å²) in [5, 5.41) is 5.15. The molecule has 0 spiro atoms. The monoisotopic (exact) mass is 378 g/mol. The maximum absolute atomic E-state index is 12.8. The molecule has 4 rings (SSSR count). The molecule has 2 heterocycles. The fourth-order valence-electron chi connectivity index (χ4n) is 3.61. The number of nitrogens with one attached hydrogen (secondary N) is 1. The average molecular weight is 378 g/mol. The Balaban J connectivity index is 1.67. The first-order chi connectivity index (χ1) is 13.1. The van der Waals surface area contributed by atoms with E-state index in [1.807, 2.05) is 17.5 Å². The molecule has 0 fully saturated rings. The molecule has 2 aromatic heterocycles. The van der Waals surface area contributed by atoms with Gasteiger partial charge in [-0.15, -0.1) is 11.3 Å². The van der Waals surface area contributed by atoms with Crippen molar-refractivity contribution in [3.63, 3.8) is 0 Å². The lowest BCUT2D eigenvalue weighted by molar-refractivity contribution is 0.0943. The average Bonchev–Trinajstić information content (AvgIpc) is 3.22. The van der Waals surface area contributed by atoms with Gasteiger partial charge in [0, 0.05) is 29.8 Å². The normalized spacial score (nSPS) is 14.4. The van der Waals surface area contributed by atoms with Crippen LogP contribution in [-0.4, -0.2) is 10.5 Å². The highest BCUT2D eigenvalue weighted by molar-refractivity contribution is 7.10. The Labute approximate surface area is 162 Å². The van der Waals surface area contributed by atoms with Gasteiger partial charge in [0.1, 0.15) is 0 Å². The SMILES string of the molecule is Cn1ccc(C(=O)N[C@@H](c2ccc3c(c2)CCCC3)c2cccs2)cc1=O. The first kappa shape index (κ1) is 17.7. The molecule has 5 heteroatoms. The van der Waals surface area contributed by atoms with Gasteiger partial charge in [0.15, 0.2) is 0 Å². The number of benzene rings is 1. The van der Waals surface area contributed by atoms with Crippen LogP contribution in [0.1, 0.15) is 50.8 Å². The van der Waals surface area contributed by atoms with Gasteiger partial charge in [0.2, 0.25) is 0 Å². The standard InChI is InChI=1S/C22H22N2O2S/c1-24-11-10-18(14-20(24)25)22(26)23-21(19-7-4-12-27-19)17-9-8-15-5-2-3-6-16(15)13-17/h4,7-14,21H,2-3,5-6H2,1H3,(H,23,26)/t21-/m0/s1. The van der Waals surface area contributed by atoms with Crippen molar-refractivity contribution in [1.29, 1.82) is 0 Å². The molecular formula is C22H22N2O2S. The smallest absolute Gasteiger partial charge is 0.252 e. The predicted octanol–water partition coefficient (Wildman–Crippen LogP) is 3.85. The van der Waals surface area contributed by atoms with Gasteiger partial charge < -0.3 is 9.88 Å². The summed E-state index contributed by atoms with van der Waals surface area (Å²) in [5.74, 6) is -0.233. The largest absolute Gasteiger partial charge is 0.340 e. The number of pyridine rings is 1. The highest BCUT2D eigenvalue weighted by Gasteiger charge is 2.21. The third kappa shape index (κ3) is 3.74. The van der Waals surface area contributed by atoms with Crippen molar-refractivity contribution in [3.05, 3.63) is 91.5 Å². The molecule has 0 unspecified atom stereocenters. The molecule has 3 aromatic rings. The van der Waals surface area contributed by atoms with E-state index >= 15 is 0 Å². The summed E-state index contributed by atoms with van der Waals surface area (Å²) in [6.45, 7) is 0. The number of thiophene rings is 1. The van der Waals surface area contributed by atoms with E-state index in [-0.39, 0.29) is 17.5 Å². The second kappa shape index (κ2) is 7.53. The molecule has 0 aliphatic heterocycles. The Kier molecular flexibility index (Phi) is 4.94. The summed E-state index contributed by atoms with van der Waals surface area (Å²) in [5.41, 5.74) is 4.10. The highest BCUT2D eigenvalue weighted by atomic mass is 32.1. The fraction of sp³-hybridized carbons (Fsp3) is 0.273. The van der Waals surface area contributed by atoms with Crippen LogP contribution in [0.15, 0.2) is 58.8 Å². The van der Waals surface area contributed by atoms with Crippen LogP contribution in [0.2, 0.25) is 0 Å². The highest BCUT2D eigenvalue weighted by Crippen LogP contribution is 2.30. The van der Waals surface area contributed by atoms with Crippen LogP contribution in [0.5, 0.6) is 0 Å². The number of nitrogens with zero attached hydrogens (tertiary/aromatic N) is 1. The van der Waals surface area contributed by atoms with E-state index in [4.69, 9.17) is 0 Å². The molecule has 1 atom stereocenters. The van der Waals surface area contributed by atoms with Gasteiger partial charge in [-0.2, -0.15) is 0 Å². The van der Waals surface area contributed by atoms with E-state index in [9.17, 15) is 9.59 Å². The van der Waals surface area contributed by atoms with Crippen molar-refractivity contribution in [2.75, 3.05) is 0 Å².